The van der Waals surface area contributed by atoms with Crippen LogP contribution in [0, 0.1) is 11.3 Å². The molecule has 0 amide bonds. The first-order chi connectivity index (χ1) is 6.86. The molecule has 0 aromatic carbocycles. The minimum atomic E-state index is 0.633. The zero-order valence-electron chi connectivity index (χ0n) is 9.05. The highest BCUT2D eigenvalue weighted by atomic mass is 14.9. The van der Waals surface area contributed by atoms with E-state index in [1.54, 1.807) is 5.57 Å². The number of nitrogens with zero attached hydrogens (tertiary/aromatic N) is 1. The summed E-state index contributed by atoms with van der Waals surface area (Å²) in [6.45, 7) is 3.05. The highest BCUT2D eigenvalue weighted by molar-refractivity contribution is 5.05. The zero-order chi connectivity index (χ0) is 10.2. The minimum Gasteiger partial charge on any atom is -0.313 e. The predicted octanol–water partition coefficient (Wildman–Crippen LogP) is 2.77. The first-order valence-electron chi connectivity index (χ1n) is 5.65. The van der Waals surface area contributed by atoms with Crippen molar-refractivity contribution in [3.8, 4) is 6.07 Å². The molecule has 1 saturated carbocycles. The molecule has 0 heterocycles. The summed E-state index contributed by atoms with van der Waals surface area (Å²) < 4.78 is 0. The van der Waals surface area contributed by atoms with Crippen molar-refractivity contribution in [3.63, 3.8) is 0 Å². The van der Waals surface area contributed by atoms with Crippen LogP contribution in [0.3, 0.4) is 0 Å². The molecule has 1 rings (SSSR count). The summed E-state index contributed by atoms with van der Waals surface area (Å²) in [6, 6.07) is 2.81. The Bertz CT molecular complexity index is 215. The molecule has 1 N–H and O–H groups in total. The Kier molecular flexibility index (Phi) is 5.32. The molecule has 0 bridgehead atoms. The quantitative estimate of drug-likeness (QED) is 0.549. The van der Waals surface area contributed by atoms with Crippen LogP contribution in [0.25, 0.3) is 0 Å². The average Bonchev–Trinajstić information content (AvgIpc) is 2.21. The molecule has 0 aliphatic heterocycles. The Balaban J connectivity index is 2.16. The Morgan fingerprint density at radius 1 is 1.50 bits per heavy atom. The number of rotatable bonds is 4. The Labute approximate surface area is 87.0 Å². The van der Waals surface area contributed by atoms with E-state index in [9.17, 15) is 0 Å². The van der Waals surface area contributed by atoms with E-state index in [0.717, 1.165) is 6.54 Å². The fourth-order valence-corrected chi connectivity index (χ4v) is 2.02. The first-order valence-corrected chi connectivity index (χ1v) is 5.65. The molecule has 0 unspecified atom stereocenters. The van der Waals surface area contributed by atoms with Gasteiger partial charge in [0.05, 0.1) is 6.07 Å². The van der Waals surface area contributed by atoms with Crippen molar-refractivity contribution in [3.05, 3.63) is 11.6 Å². The maximum absolute atomic E-state index is 8.41. The largest absolute Gasteiger partial charge is 0.313 e. The van der Waals surface area contributed by atoms with E-state index < -0.39 is 0 Å². The van der Waals surface area contributed by atoms with Crippen LogP contribution < -0.4 is 5.32 Å². The molecule has 0 aromatic heterocycles. The molecule has 0 atom stereocenters. The molecule has 1 fully saturated rings. The van der Waals surface area contributed by atoms with Crippen LogP contribution in [-0.2, 0) is 0 Å². The molecule has 0 saturated heterocycles. The number of hydrogen-bond donors (Lipinski definition) is 1. The van der Waals surface area contributed by atoms with E-state index in [-0.39, 0.29) is 0 Å². The standard InChI is InChI=1S/C12H20N2/c1-2-4-11-5-7-12(8-6-11)14-10-3-9-13/h4,12,14H,2-3,5-8,10H2,1H3. The van der Waals surface area contributed by atoms with Gasteiger partial charge in [-0.1, -0.05) is 18.6 Å². The van der Waals surface area contributed by atoms with E-state index in [4.69, 9.17) is 5.26 Å². The summed E-state index contributed by atoms with van der Waals surface area (Å²) in [4.78, 5) is 0. The summed E-state index contributed by atoms with van der Waals surface area (Å²) in [5, 5.41) is 11.8. The number of nitrogens with one attached hydrogen (secondary N) is 1. The third kappa shape index (κ3) is 3.93. The zero-order valence-corrected chi connectivity index (χ0v) is 9.05. The van der Waals surface area contributed by atoms with Gasteiger partial charge in [0.1, 0.15) is 0 Å². The Morgan fingerprint density at radius 3 is 2.79 bits per heavy atom. The van der Waals surface area contributed by atoms with Gasteiger partial charge in [0, 0.05) is 19.0 Å². The second-order valence-electron chi connectivity index (χ2n) is 3.91. The van der Waals surface area contributed by atoms with Crippen molar-refractivity contribution in [1.82, 2.24) is 5.32 Å². The van der Waals surface area contributed by atoms with Gasteiger partial charge >= 0.3 is 0 Å². The normalized spacial score (nSPS) is 21.7. The number of allylic oxidation sites excluding steroid dienone is 2. The van der Waals surface area contributed by atoms with Gasteiger partial charge in [0.2, 0.25) is 0 Å². The van der Waals surface area contributed by atoms with Crippen LogP contribution in [0.2, 0.25) is 0 Å². The van der Waals surface area contributed by atoms with E-state index in [0.29, 0.717) is 12.5 Å². The van der Waals surface area contributed by atoms with Gasteiger partial charge in [-0.2, -0.15) is 5.26 Å². The van der Waals surface area contributed by atoms with Crippen LogP contribution in [0.5, 0.6) is 0 Å². The van der Waals surface area contributed by atoms with Gasteiger partial charge in [0.15, 0.2) is 0 Å². The summed E-state index contributed by atoms with van der Waals surface area (Å²) in [5.41, 5.74) is 1.63. The first kappa shape index (κ1) is 11.3. The van der Waals surface area contributed by atoms with Crippen molar-refractivity contribution >= 4 is 0 Å². The van der Waals surface area contributed by atoms with Crippen molar-refractivity contribution in [2.24, 2.45) is 0 Å². The second-order valence-corrected chi connectivity index (χ2v) is 3.91. The van der Waals surface area contributed by atoms with Crippen LogP contribution in [0.15, 0.2) is 11.6 Å². The van der Waals surface area contributed by atoms with Crippen LogP contribution in [-0.4, -0.2) is 12.6 Å². The Hall–Kier alpha value is -0.810. The number of hydrogen-bond acceptors (Lipinski definition) is 2. The lowest BCUT2D eigenvalue weighted by Crippen LogP contribution is -2.32. The maximum atomic E-state index is 8.41. The smallest absolute Gasteiger partial charge is 0.0635 e. The van der Waals surface area contributed by atoms with E-state index in [2.05, 4.69) is 24.4 Å². The molecule has 2 nitrogen and oxygen atoms in total. The second kappa shape index (κ2) is 6.62. The molecule has 1 aliphatic rings. The molecular weight excluding hydrogens is 172 g/mol. The summed E-state index contributed by atoms with van der Waals surface area (Å²) in [6.07, 6.45) is 9.16. The van der Waals surface area contributed by atoms with E-state index in [1.807, 2.05) is 0 Å². The molecule has 2 heteroatoms. The third-order valence-corrected chi connectivity index (χ3v) is 2.79. The fraction of sp³-hybridized carbons (Fsp3) is 0.750. The summed E-state index contributed by atoms with van der Waals surface area (Å²) in [5.74, 6) is 0. The SMILES string of the molecule is CCC=C1CCC(NCCC#N)CC1. The van der Waals surface area contributed by atoms with Gasteiger partial charge in [-0.25, -0.2) is 0 Å². The highest BCUT2D eigenvalue weighted by Crippen LogP contribution is 2.23. The maximum Gasteiger partial charge on any atom is 0.0635 e. The Morgan fingerprint density at radius 2 is 2.21 bits per heavy atom. The van der Waals surface area contributed by atoms with Crippen LogP contribution in [0.4, 0.5) is 0 Å². The molecule has 1 aliphatic carbocycles. The molecule has 0 aromatic rings. The van der Waals surface area contributed by atoms with Crippen molar-refractivity contribution in [2.45, 2.75) is 51.5 Å². The van der Waals surface area contributed by atoms with Crippen molar-refractivity contribution in [1.29, 1.82) is 5.26 Å². The molecule has 14 heavy (non-hydrogen) atoms. The molecular formula is C12H20N2. The van der Waals surface area contributed by atoms with Gasteiger partial charge < -0.3 is 5.32 Å². The van der Waals surface area contributed by atoms with Crippen molar-refractivity contribution < 1.29 is 0 Å². The van der Waals surface area contributed by atoms with Crippen LogP contribution >= 0.6 is 0 Å². The van der Waals surface area contributed by atoms with E-state index >= 15 is 0 Å². The van der Waals surface area contributed by atoms with Gasteiger partial charge in [-0.3, -0.25) is 0 Å². The molecule has 0 radical (unpaired) electrons. The van der Waals surface area contributed by atoms with E-state index in [1.165, 1.54) is 32.1 Å². The average molecular weight is 192 g/mol. The van der Waals surface area contributed by atoms with Gasteiger partial charge in [-0.15, -0.1) is 0 Å². The minimum absolute atomic E-state index is 0.633. The van der Waals surface area contributed by atoms with Gasteiger partial charge in [0.25, 0.3) is 0 Å². The monoisotopic (exact) mass is 192 g/mol. The lowest BCUT2D eigenvalue weighted by atomic mass is 9.90. The lowest BCUT2D eigenvalue weighted by molar-refractivity contribution is 0.422. The molecule has 78 valence electrons. The lowest BCUT2D eigenvalue weighted by Gasteiger charge is -2.24. The highest BCUT2D eigenvalue weighted by Gasteiger charge is 2.14. The summed E-state index contributed by atoms with van der Waals surface area (Å²) in [7, 11) is 0. The van der Waals surface area contributed by atoms with Gasteiger partial charge in [-0.05, 0) is 32.1 Å². The third-order valence-electron chi connectivity index (χ3n) is 2.79. The molecule has 0 spiro atoms. The summed E-state index contributed by atoms with van der Waals surface area (Å²) >= 11 is 0. The predicted molar refractivity (Wildman–Crippen MR) is 58.9 cm³/mol. The topological polar surface area (TPSA) is 35.8 Å². The fourth-order valence-electron chi connectivity index (χ4n) is 2.02. The van der Waals surface area contributed by atoms with Crippen LogP contribution in [0.1, 0.15) is 45.4 Å². The van der Waals surface area contributed by atoms with Crippen molar-refractivity contribution in [2.75, 3.05) is 6.54 Å². The number of nitriles is 1.